The van der Waals surface area contributed by atoms with Crippen LogP contribution in [0.25, 0.3) is 0 Å². The van der Waals surface area contributed by atoms with Crippen LogP contribution < -0.4 is 4.90 Å². The first-order chi connectivity index (χ1) is 7.51. The van der Waals surface area contributed by atoms with Crippen LogP contribution in [0.3, 0.4) is 0 Å². The summed E-state index contributed by atoms with van der Waals surface area (Å²) in [6.07, 6.45) is 0. The van der Waals surface area contributed by atoms with Crippen molar-refractivity contribution < 1.29 is 13.2 Å². The van der Waals surface area contributed by atoms with Crippen LogP contribution in [-0.4, -0.2) is 35.1 Å². The highest BCUT2D eigenvalue weighted by Crippen LogP contribution is 2.17. The summed E-state index contributed by atoms with van der Waals surface area (Å²) >= 11 is 0. The van der Waals surface area contributed by atoms with Crippen LogP contribution in [0.5, 0.6) is 0 Å². The number of methoxy groups -OCH3 is 1. The molecule has 1 rings (SSSR count). The highest BCUT2D eigenvalue weighted by molar-refractivity contribution is 7.91. The molecule has 4 nitrogen and oxygen atoms in total. The number of rotatable bonds is 5. The van der Waals surface area contributed by atoms with Crippen LogP contribution in [0.4, 0.5) is 5.69 Å². The Morgan fingerprint density at radius 2 is 1.81 bits per heavy atom. The van der Waals surface area contributed by atoms with Crippen molar-refractivity contribution in [3.05, 3.63) is 24.3 Å². The van der Waals surface area contributed by atoms with Gasteiger partial charge in [0, 0.05) is 19.8 Å². The molecule has 1 aromatic carbocycles. The third-order valence-corrected chi connectivity index (χ3v) is 4.09. The van der Waals surface area contributed by atoms with E-state index in [0.717, 1.165) is 5.69 Å². The van der Waals surface area contributed by atoms with Crippen LogP contribution in [0, 0.1) is 0 Å². The SMILES string of the molecule is CCS(=O)(=O)c1ccc(N(C)COC)cc1. The van der Waals surface area contributed by atoms with E-state index in [0.29, 0.717) is 11.6 Å². The third-order valence-electron chi connectivity index (χ3n) is 2.34. The second kappa shape index (κ2) is 5.32. The van der Waals surface area contributed by atoms with Gasteiger partial charge in [-0.1, -0.05) is 6.92 Å². The average molecular weight is 243 g/mol. The summed E-state index contributed by atoms with van der Waals surface area (Å²) in [4.78, 5) is 2.26. The zero-order chi connectivity index (χ0) is 12.2. The van der Waals surface area contributed by atoms with Gasteiger partial charge in [0.15, 0.2) is 9.84 Å². The number of anilines is 1. The molecule has 0 N–H and O–H groups in total. The quantitative estimate of drug-likeness (QED) is 0.736. The number of hydrogen-bond acceptors (Lipinski definition) is 4. The summed E-state index contributed by atoms with van der Waals surface area (Å²) in [7, 11) is 0.397. The standard InChI is InChI=1S/C11H17NO3S/c1-4-16(13,14)11-7-5-10(6-8-11)12(2)9-15-3/h5-8H,4,9H2,1-3H3. The first kappa shape index (κ1) is 13.0. The van der Waals surface area contributed by atoms with Gasteiger partial charge < -0.3 is 9.64 Å². The molecule has 5 heteroatoms. The Bertz CT molecular complexity index is 425. The van der Waals surface area contributed by atoms with Crippen molar-refractivity contribution in [2.45, 2.75) is 11.8 Å². The number of benzene rings is 1. The van der Waals surface area contributed by atoms with E-state index in [2.05, 4.69) is 0 Å². The van der Waals surface area contributed by atoms with E-state index in [1.165, 1.54) is 0 Å². The molecule has 0 heterocycles. The fourth-order valence-electron chi connectivity index (χ4n) is 1.34. The van der Waals surface area contributed by atoms with Gasteiger partial charge in [0.25, 0.3) is 0 Å². The molecule has 0 aliphatic heterocycles. The number of nitrogens with zero attached hydrogens (tertiary/aromatic N) is 1. The van der Waals surface area contributed by atoms with Gasteiger partial charge in [0.1, 0.15) is 6.73 Å². The lowest BCUT2D eigenvalue weighted by molar-refractivity contribution is 0.202. The van der Waals surface area contributed by atoms with E-state index >= 15 is 0 Å². The molecule has 0 aliphatic carbocycles. The maximum atomic E-state index is 11.6. The predicted octanol–water partition coefficient (Wildman–Crippen LogP) is 1.52. The topological polar surface area (TPSA) is 46.6 Å². The van der Waals surface area contributed by atoms with Gasteiger partial charge in [0.2, 0.25) is 0 Å². The van der Waals surface area contributed by atoms with Gasteiger partial charge in [0.05, 0.1) is 10.6 Å². The summed E-state index contributed by atoms with van der Waals surface area (Å²) in [5, 5.41) is 0. The normalized spacial score (nSPS) is 11.4. The van der Waals surface area contributed by atoms with Crippen molar-refractivity contribution in [1.82, 2.24) is 0 Å². The second-order valence-corrected chi connectivity index (χ2v) is 5.79. The largest absolute Gasteiger partial charge is 0.364 e. The van der Waals surface area contributed by atoms with E-state index in [-0.39, 0.29) is 5.75 Å². The second-order valence-electron chi connectivity index (χ2n) is 3.51. The van der Waals surface area contributed by atoms with Crippen LogP contribution in [0.1, 0.15) is 6.92 Å². The first-order valence-electron chi connectivity index (χ1n) is 5.04. The molecular formula is C11H17NO3S. The Labute approximate surface area is 96.8 Å². The predicted molar refractivity (Wildman–Crippen MR) is 64.4 cm³/mol. The molecule has 0 unspecified atom stereocenters. The molecule has 0 fully saturated rings. The molecule has 0 saturated carbocycles. The molecule has 1 aromatic rings. The minimum atomic E-state index is -3.10. The Hall–Kier alpha value is -1.07. The van der Waals surface area contributed by atoms with Crippen molar-refractivity contribution in [3.63, 3.8) is 0 Å². The molecule has 0 saturated heterocycles. The lowest BCUT2D eigenvalue weighted by Gasteiger charge is -2.18. The van der Waals surface area contributed by atoms with Crippen LogP contribution >= 0.6 is 0 Å². The molecule has 16 heavy (non-hydrogen) atoms. The van der Waals surface area contributed by atoms with Gasteiger partial charge in [-0.2, -0.15) is 0 Å². The van der Waals surface area contributed by atoms with E-state index in [4.69, 9.17) is 4.74 Å². The van der Waals surface area contributed by atoms with E-state index in [1.807, 2.05) is 11.9 Å². The van der Waals surface area contributed by atoms with Crippen LogP contribution in [0.15, 0.2) is 29.2 Å². The molecule has 0 amide bonds. The summed E-state index contributed by atoms with van der Waals surface area (Å²) in [6, 6.07) is 6.81. The number of sulfone groups is 1. The first-order valence-corrected chi connectivity index (χ1v) is 6.69. The van der Waals surface area contributed by atoms with Crippen LogP contribution in [0.2, 0.25) is 0 Å². The Morgan fingerprint density at radius 1 is 1.25 bits per heavy atom. The minimum Gasteiger partial charge on any atom is -0.364 e. The zero-order valence-electron chi connectivity index (χ0n) is 9.80. The fraction of sp³-hybridized carbons (Fsp3) is 0.455. The molecule has 0 spiro atoms. The monoisotopic (exact) mass is 243 g/mol. The lowest BCUT2D eigenvalue weighted by Crippen LogP contribution is -2.19. The van der Waals surface area contributed by atoms with Gasteiger partial charge in [-0.3, -0.25) is 0 Å². The van der Waals surface area contributed by atoms with Crippen LogP contribution in [-0.2, 0) is 14.6 Å². The van der Waals surface area contributed by atoms with Crippen molar-refractivity contribution in [1.29, 1.82) is 0 Å². The summed E-state index contributed by atoms with van der Waals surface area (Å²) in [6.45, 7) is 2.11. The molecule has 0 atom stereocenters. The van der Waals surface area contributed by atoms with Gasteiger partial charge in [-0.05, 0) is 24.3 Å². The smallest absolute Gasteiger partial charge is 0.178 e. The van der Waals surface area contributed by atoms with Gasteiger partial charge in [-0.15, -0.1) is 0 Å². The zero-order valence-corrected chi connectivity index (χ0v) is 10.6. The van der Waals surface area contributed by atoms with Crippen molar-refractivity contribution in [2.24, 2.45) is 0 Å². The summed E-state index contributed by atoms with van der Waals surface area (Å²) < 4.78 is 28.1. The van der Waals surface area contributed by atoms with Crippen molar-refractivity contribution in [3.8, 4) is 0 Å². The summed E-state index contributed by atoms with van der Waals surface area (Å²) in [5.41, 5.74) is 0.928. The third kappa shape index (κ3) is 2.96. The lowest BCUT2D eigenvalue weighted by atomic mass is 10.3. The Kier molecular flexibility index (Phi) is 4.32. The number of hydrogen-bond donors (Lipinski definition) is 0. The van der Waals surface area contributed by atoms with E-state index < -0.39 is 9.84 Å². The minimum absolute atomic E-state index is 0.125. The fourth-order valence-corrected chi connectivity index (χ4v) is 2.23. The molecule has 90 valence electrons. The van der Waals surface area contributed by atoms with Gasteiger partial charge >= 0.3 is 0 Å². The number of ether oxygens (including phenoxy) is 1. The summed E-state index contributed by atoms with van der Waals surface area (Å²) in [5.74, 6) is 0.125. The highest BCUT2D eigenvalue weighted by atomic mass is 32.2. The Morgan fingerprint density at radius 3 is 2.25 bits per heavy atom. The van der Waals surface area contributed by atoms with Crippen molar-refractivity contribution in [2.75, 3.05) is 31.5 Å². The maximum absolute atomic E-state index is 11.6. The average Bonchev–Trinajstić information content (AvgIpc) is 2.29. The molecule has 0 bridgehead atoms. The highest BCUT2D eigenvalue weighted by Gasteiger charge is 2.11. The molecule has 0 aromatic heterocycles. The maximum Gasteiger partial charge on any atom is 0.178 e. The van der Waals surface area contributed by atoms with Crippen molar-refractivity contribution >= 4 is 15.5 Å². The molecule has 0 radical (unpaired) electrons. The van der Waals surface area contributed by atoms with Gasteiger partial charge in [-0.25, -0.2) is 8.42 Å². The van der Waals surface area contributed by atoms with E-state index in [1.54, 1.807) is 38.3 Å². The molecule has 0 aliphatic rings. The molecular weight excluding hydrogens is 226 g/mol. The Balaban J connectivity index is 2.91. The van der Waals surface area contributed by atoms with E-state index in [9.17, 15) is 8.42 Å².